The van der Waals surface area contributed by atoms with E-state index >= 15 is 0 Å². The van der Waals surface area contributed by atoms with Gasteiger partial charge < -0.3 is 5.32 Å². The van der Waals surface area contributed by atoms with E-state index in [9.17, 15) is 13.2 Å². The van der Waals surface area contributed by atoms with Crippen molar-refractivity contribution in [3.05, 3.63) is 59.4 Å². The highest BCUT2D eigenvalue weighted by molar-refractivity contribution is 7.89. The number of nitrogens with zero attached hydrogens (tertiary/aromatic N) is 2. The van der Waals surface area contributed by atoms with Crippen LogP contribution in [0, 0.1) is 5.92 Å². The van der Waals surface area contributed by atoms with E-state index in [1.54, 1.807) is 18.3 Å². The minimum absolute atomic E-state index is 0.0276. The molecule has 0 bridgehead atoms. The first-order valence-corrected chi connectivity index (χ1v) is 11.2. The molecule has 1 aliphatic heterocycles. The summed E-state index contributed by atoms with van der Waals surface area (Å²) in [6.45, 7) is 2.67. The summed E-state index contributed by atoms with van der Waals surface area (Å²) in [6, 6.07) is 10.5. The molecule has 1 N–H and O–H groups in total. The van der Waals surface area contributed by atoms with Crippen LogP contribution >= 0.6 is 11.6 Å². The average molecular weight is 422 g/mol. The first kappa shape index (κ1) is 20.8. The third-order valence-corrected chi connectivity index (χ3v) is 7.23. The van der Waals surface area contributed by atoms with Crippen molar-refractivity contribution >= 4 is 27.5 Å². The monoisotopic (exact) mass is 421 g/mol. The number of halogens is 1. The second-order valence-corrected chi connectivity index (χ2v) is 9.26. The molecule has 1 aliphatic rings. The molecule has 1 amide bonds. The maximum absolute atomic E-state index is 12.7. The molecule has 2 aromatic rings. The average Bonchev–Trinajstić information content (AvgIpc) is 2.73. The van der Waals surface area contributed by atoms with Crippen LogP contribution in [0.25, 0.3) is 0 Å². The van der Waals surface area contributed by atoms with Crippen molar-refractivity contribution in [3.8, 4) is 0 Å². The fourth-order valence-electron chi connectivity index (χ4n) is 3.41. The summed E-state index contributed by atoms with van der Waals surface area (Å²) < 4.78 is 26.8. The fourth-order valence-corrected chi connectivity index (χ4v) is 4.97. The van der Waals surface area contributed by atoms with Crippen LogP contribution in [-0.4, -0.2) is 36.7 Å². The highest BCUT2D eigenvalue weighted by atomic mass is 35.5. The van der Waals surface area contributed by atoms with Crippen LogP contribution in [-0.2, 0) is 14.8 Å². The fraction of sp³-hybridized carbons (Fsp3) is 0.400. The number of aromatic nitrogens is 1. The van der Waals surface area contributed by atoms with E-state index in [4.69, 9.17) is 11.6 Å². The van der Waals surface area contributed by atoms with Gasteiger partial charge in [0.25, 0.3) is 0 Å². The van der Waals surface area contributed by atoms with Crippen LogP contribution in [0.15, 0.2) is 53.7 Å². The zero-order valence-electron chi connectivity index (χ0n) is 15.7. The number of pyridine rings is 1. The van der Waals surface area contributed by atoms with Gasteiger partial charge in [0.05, 0.1) is 6.04 Å². The molecule has 1 saturated heterocycles. The number of carbonyl (C=O) groups excluding carboxylic acids is 1. The number of amides is 1. The number of benzene rings is 1. The van der Waals surface area contributed by atoms with E-state index in [2.05, 4.69) is 10.3 Å². The molecule has 0 aliphatic carbocycles. The maximum atomic E-state index is 12.7. The van der Waals surface area contributed by atoms with Crippen LogP contribution in [0.4, 0.5) is 0 Å². The minimum atomic E-state index is -3.56. The summed E-state index contributed by atoms with van der Waals surface area (Å²) in [5, 5.41) is 3.76. The van der Waals surface area contributed by atoms with Gasteiger partial charge in [-0.15, -0.1) is 0 Å². The topological polar surface area (TPSA) is 79.4 Å². The van der Waals surface area contributed by atoms with Gasteiger partial charge in [-0.3, -0.25) is 9.78 Å². The summed E-state index contributed by atoms with van der Waals surface area (Å²) in [5.74, 6) is -0.220. The molecule has 1 aromatic carbocycles. The predicted octanol–water partition coefficient (Wildman–Crippen LogP) is 3.40. The van der Waals surface area contributed by atoms with Gasteiger partial charge in [0.2, 0.25) is 15.9 Å². The maximum Gasteiger partial charge on any atom is 0.244 e. The number of hydrogen-bond acceptors (Lipinski definition) is 4. The molecule has 0 radical (unpaired) electrons. The van der Waals surface area contributed by atoms with Crippen molar-refractivity contribution in [2.75, 3.05) is 13.1 Å². The number of nitrogens with one attached hydrogen (secondary N) is 1. The lowest BCUT2D eigenvalue weighted by molar-refractivity contribution is -0.126. The summed E-state index contributed by atoms with van der Waals surface area (Å²) in [4.78, 5) is 16.8. The Morgan fingerprint density at radius 2 is 1.93 bits per heavy atom. The van der Waals surface area contributed by atoms with E-state index in [-0.39, 0.29) is 22.8 Å². The van der Waals surface area contributed by atoms with Gasteiger partial charge in [-0.05, 0) is 49.1 Å². The SMILES string of the molecule is CCC(NC(=O)C1CCN(S(=O)(=O)c2cccnc2)CC1)c1ccc(Cl)cc1. The van der Waals surface area contributed by atoms with Gasteiger partial charge in [0.1, 0.15) is 4.90 Å². The Kier molecular flexibility index (Phi) is 6.69. The van der Waals surface area contributed by atoms with Gasteiger partial charge in [-0.25, -0.2) is 8.42 Å². The molecular formula is C20H24ClN3O3S. The normalized spacial score (nSPS) is 17.2. The second-order valence-electron chi connectivity index (χ2n) is 6.89. The Bertz CT molecular complexity index is 896. The number of hydrogen-bond donors (Lipinski definition) is 1. The largest absolute Gasteiger partial charge is 0.349 e. The number of rotatable bonds is 6. The smallest absolute Gasteiger partial charge is 0.244 e. The van der Waals surface area contributed by atoms with Crippen molar-refractivity contribution in [1.29, 1.82) is 0 Å². The lowest BCUT2D eigenvalue weighted by Crippen LogP contribution is -2.43. The molecular weight excluding hydrogens is 398 g/mol. The number of sulfonamides is 1. The standard InChI is InChI=1S/C20H24ClN3O3S/c1-2-19(15-5-7-17(21)8-6-15)23-20(25)16-9-12-24(13-10-16)28(26,27)18-4-3-11-22-14-18/h3-8,11,14,16,19H,2,9-10,12-13H2,1H3,(H,23,25). The van der Waals surface area contributed by atoms with E-state index in [1.807, 2.05) is 31.2 Å². The van der Waals surface area contributed by atoms with Crippen LogP contribution in [0.3, 0.4) is 0 Å². The summed E-state index contributed by atoms with van der Waals surface area (Å²) in [6.07, 6.45) is 4.67. The summed E-state index contributed by atoms with van der Waals surface area (Å²) >= 11 is 5.94. The van der Waals surface area contributed by atoms with Crippen LogP contribution in [0.2, 0.25) is 5.02 Å². The van der Waals surface area contributed by atoms with Crippen LogP contribution in [0.1, 0.15) is 37.8 Å². The highest BCUT2D eigenvalue weighted by Crippen LogP contribution is 2.25. The molecule has 0 saturated carbocycles. The zero-order valence-corrected chi connectivity index (χ0v) is 17.3. The molecule has 1 fully saturated rings. The highest BCUT2D eigenvalue weighted by Gasteiger charge is 2.32. The molecule has 1 unspecified atom stereocenters. The third kappa shape index (κ3) is 4.71. The van der Waals surface area contributed by atoms with Crippen molar-refractivity contribution in [2.24, 2.45) is 5.92 Å². The minimum Gasteiger partial charge on any atom is -0.349 e. The van der Waals surface area contributed by atoms with Crippen molar-refractivity contribution in [2.45, 2.75) is 37.1 Å². The second kappa shape index (κ2) is 9.03. The number of carbonyl (C=O) groups is 1. The molecule has 2 heterocycles. The molecule has 1 aromatic heterocycles. The van der Waals surface area contributed by atoms with Crippen molar-refractivity contribution in [3.63, 3.8) is 0 Å². The van der Waals surface area contributed by atoms with E-state index < -0.39 is 10.0 Å². The van der Waals surface area contributed by atoms with E-state index in [1.165, 1.54) is 10.5 Å². The molecule has 0 spiro atoms. The quantitative estimate of drug-likeness (QED) is 0.775. The summed E-state index contributed by atoms with van der Waals surface area (Å²) in [7, 11) is -3.56. The Hall–Kier alpha value is -1.96. The van der Waals surface area contributed by atoms with Crippen LogP contribution < -0.4 is 5.32 Å². The Morgan fingerprint density at radius 1 is 1.25 bits per heavy atom. The van der Waals surface area contributed by atoms with E-state index in [0.717, 1.165) is 12.0 Å². The third-order valence-electron chi connectivity index (χ3n) is 5.09. The van der Waals surface area contributed by atoms with E-state index in [0.29, 0.717) is 31.0 Å². The molecule has 6 nitrogen and oxygen atoms in total. The van der Waals surface area contributed by atoms with Gasteiger partial charge in [0, 0.05) is 36.4 Å². The number of piperidine rings is 1. The lowest BCUT2D eigenvalue weighted by atomic mass is 9.96. The zero-order chi connectivity index (χ0) is 20.1. The molecule has 1 atom stereocenters. The van der Waals surface area contributed by atoms with Crippen molar-refractivity contribution in [1.82, 2.24) is 14.6 Å². The van der Waals surface area contributed by atoms with Crippen molar-refractivity contribution < 1.29 is 13.2 Å². The molecule has 28 heavy (non-hydrogen) atoms. The first-order valence-electron chi connectivity index (χ1n) is 9.38. The van der Waals surface area contributed by atoms with Gasteiger partial charge in [-0.2, -0.15) is 4.31 Å². The lowest BCUT2D eigenvalue weighted by Gasteiger charge is -2.31. The van der Waals surface area contributed by atoms with Gasteiger partial charge in [-0.1, -0.05) is 30.7 Å². The molecule has 8 heteroatoms. The Labute approximate surface area is 171 Å². The van der Waals surface area contributed by atoms with Crippen LogP contribution in [0.5, 0.6) is 0 Å². The van der Waals surface area contributed by atoms with Gasteiger partial charge >= 0.3 is 0 Å². The van der Waals surface area contributed by atoms with Gasteiger partial charge in [0.15, 0.2) is 0 Å². The molecule has 3 rings (SSSR count). The Balaban J connectivity index is 1.59. The Morgan fingerprint density at radius 3 is 2.50 bits per heavy atom. The molecule has 150 valence electrons. The first-order chi connectivity index (χ1) is 13.4. The summed E-state index contributed by atoms with van der Waals surface area (Å²) in [5.41, 5.74) is 1.01. The predicted molar refractivity (Wildman–Crippen MR) is 108 cm³/mol.